The van der Waals surface area contributed by atoms with Gasteiger partial charge in [0, 0.05) is 12.1 Å². The zero-order valence-corrected chi connectivity index (χ0v) is 9.77. The van der Waals surface area contributed by atoms with E-state index in [0.29, 0.717) is 0 Å². The fraction of sp³-hybridized carbons (Fsp3) is 0.300. The minimum atomic E-state index is -0.799. The van der Waals surface area contributed by atoms with Gasteiger partial charge in [0.1, 0.15) is 11.6 Å². The molecule has 1 saturated carbocycles. The lowest BCUT2D eigenvalue weighted by Gasteiger charge is -2.08. The molecule has 0 unspecified atom stereocenters. The SMILES string of the molecule is O=C(Nc1cc(Br)c(F)cc1F)NC1CC1. The number of hydrogen-bond donors (Lipinski definition) is 2. The first-order valence-electron chi connectivity index (χ1n) is 4.78. The Hall–Kier alpha value is -1.17. The number of urea groups is 1. The summed E-state index contributed by atoms with van der Waals surface area (Å²) in [4.78, 5) is 11.3. The molecule has 2 N–H and O–H groups in total. The third kappa shape index (κ3) is 2.69. The number of carbonyl (C=O) groups excluding carboxylic acids is 1. The number of rotatable bonds is 2. The van der Waals surface area contributed by atoms with E-state index in [1.54, 1.807) is 0 Å². The summed E-state index contributed by atoms with van der Waals surface area (Å²) in [5, 5.41) is 4.97. The molecule has 0 aliphatic heterocycles. The first kappa shape index (κ1) is 11.3. The van der Waals surface area contributed by atoms with Crippen molar-refractivity contribution in [3.05, 3.63) is 28.2 Å². The van der Waals surface area contributed by atoms with Gasteiger partial charge in [-0.05, 0) is 34.8 Å². The molecule has 1 aliphatic carbocycles. The quantitative estimate of drug-likeness (QED) is 0.808. The largest absolute Gasteiger partial charge is 0.335 e. The summed E-state index contributed by atoms with van der Waals surface area (Å²) in [6.45, 7) is 0. The van der Waals surface area contributed by atoms with E-state index >= 15 is 0 Å². The van der Waals surface area contributed by atoms with Crippen LogP contribution in [0.5, 0.6) is 0 Å². The number of hydrogen-bond acceptors (Lipinski definition) is 1. The van der Waals surface area contributed by atoms with Crippen LogP contribution < -0.4 is 10.6 Å². The highest BCUT2D eigenvalue weighted by molar-refractivity contribution is 9.10. The number of carbonyl (C=O) groups is 1. The molecule has 86 valence electrons. The predicted molar refractivity (Wildman–Crippen MR) is 59.2 cm³/mol. The fourth-order valence-corrected chi connectivity index (χ4v) is 1.53. The van der Waals surface area contributed by atoms with E-state index in [1.807, 2.05) is 0 Å². The van der Waals surface area contributed by atoms with Crippen LogP contribution in [-0.4, -0.2) is 12.1 Å². The predicted octanol–water partition coefficient (Wildman–Crippen LogP) is 3.01. The molecule has 1 fully saturated rings. The number of benzene rings is 1. The Kier molecular flexibility index (Phi) is 3.09. The van der Waals surface area contributed by atoms with Crippen molar-refractivity contribution in [3.8, 4) is 0 Å². The Morgan fingerprint density at radius 1 is 1.31 bits per heavy atom. The lowest BCUT2D eigenvalue weighted by atomic mass is 10.3. The number of nitrogens with one attached hydrogen (secondary N) is 2. The first-order chi connectivity index (χ1) is 7.56. The van der Waals surface area contributed by atoms with Crippen LogP contribution in [0.2, 0.25) is 0 Å². The van der Waals surface area contributed by atoms with Gasteiger partial charge in [0.15, 0.2) is 0 Å². The summed E-state index contributed by atoms with van der Waals surface area (Å²) in [6, 6.07) is 1.63. The molecular weight excluding hydrogens is 282 g/mol. The van der Waals surface area contributed by atoms with E-state index in [9.17, 15) is 13.6 Å². The van der Waals surface area contributed by atoms with Crippen LogP contribution in [0.15, 0.2) is 16.6 Å². The molecule has 0 radical (unpaired) electrons. The molecule has 1 aromatic rings. The van der Waals surface area contributed by atoms with Crippen molar-refractivity contribution in [2.75, 3.05) is 5.32 Å². The Balaban J connectivity index is 2.07. The molecule has 2 amide bonds. The molecule has 2 rings (SSSR count). The van der Waals surface area contributed by atoms with E-state index in [1.165, 1.54) is 6.07 Å². The standard InChI is InChI=1S/C10H9BrF2N2O/c11-6-3-9(8(13)4-7(6)12)15-10(16)14-5-1-2-5/h3-5H,1-2H2,(H2,14,15,16). The molecule has 0 saturated heterocycles. The highest BCUT2D eigenvalue weighted by atomic mass is 79.9. The fourth-order valence-electron chi connectivity index (χ4n) is 1.19. The maximum atomic E-state index is 13.2. The van der Waals surface area contributed by atoms with Gasteiger partial charge in [0.2, 0.25) is 0 Å². The van der Waals surface area contributed by atoms with E-state index < -0.39 is 17.7 Å². The third-order valence-corrected chi connectivity index (χ3v) is 2.78. The molecule has 1 aromatic carbocycles. The number of amides is 2. The highest BCUT2D eigenvalue weighted by Gasteiger charge is 2.23. The first-order valence-corrected chi connectivity index (χ1v) is 5.57. The monoisotopic (exact) mass is 290 g/mol. The highest BCUT2D eigenvalue weighted by Crippen LogP contribution is 2.24. The van der Waals surface area contributed by atoms with Crippen molar-refractivity contribution in [2.24, 2.45) is 0 Å². The van der Waals surface area contributed by atoms with Gasteiger partial charge in [-0.3, -0.25) is 0 Å². The lowest BCUT2D eigenvalue weighted by Crippen LogP contribution is -2.30. The van der Waals surface area contributed by atoms with Gasteiger partial charge < -0.3 is 10.6 Å². The lowest BCUT2D eigenvalue weighted by molar-refractivity contribution is 0.251. The van der Waals surface area contributed by atoms with Gasteiger partial charge >= 0.3 is 6.03 Å². The second-order valence-electron chi connectivity index (χ2n) is 3.62. The van der Waals surface area contributed by atoms with Gasteiger partial charge in [0.25, 0.3) is 0 Å². The van der Waals surface area contributed by atoms with Crippen molar-refractivity contribution in [3.63, 3.8) is 0 Å². The normalized spacial score (nSPS) is 14.7. The summed E-state index contributed by atoms with van der Waals surface area (Å²) in [5.41, 5.74) is -0.0496. The van der Waals surface area contributed by atoms with Crippen molar-refractivity contribution < 1.29 is 13.6 Å². The summed E-state index contributed by atoms with van der Waals surface area (Å²) >= 11 is 2.92. The minimum absolute atomic E-state index is 0.0496. The van der Waals surface area contributed by atoms with Gasteiger partial charge in [0.05, 0.1) is 10.2 Å². The van der Waals surface area contributed by atoms with Crippen LogP contribution in [0.4, 0.5) is 19.3 Å². The van der Waals surface area contributed by atoms with E-state index in [4.69, 9.17) is 0 Å². The zero-order chi connectivity index (χ0) is 11.7. The maximum Gasteiger partial charge on any atom is 0.319 e. The van der Waals surface area contributed by atoms with E-state index in [-0.39, 0.29) is 16.2 Å². The van der Waals surface area contributed by atoms with Crippen molar-refractivity contribution in [2.45, 2.75) is 18.9 Å². The number of anilines is 1. The molecule has 0 atom stereocenters. The van der Waals surface area contributed by atoms with Crippen LogP contribution in [0.25, 0.3) is 0 Å². The van der Waals surface area contributed by atoms with Crippen LogP contribution in [0, 0.1) is 11.6 Å². The average molecular weight is 291 g/mol. The van der Waals surface area contributed by atoms with Crippen molar-refractivity contribution in [1.29, 1.82) is 0 Å². The second-order valence-corrected chi connectivity index (χ2v) is 4.47. The van der Waals surface area contributed by atoms with Crippen LogP contribution in [0.3, 0.4) is 0 Å². The Bertz CT molecular complexity index is 435. The average Bonchev–Trinajstić information content (AvgIpc) is 2.98. The maximum absolute atomic E-state index is 13.2. The van der Waals surface area contributed by atoms with Gasteiger partial charge in [-0.1, -0.05) is 0 Å². The molecule has 0 spiro atoms. The van der Waals surface area contributed by atoms with Crippen molar-refractivity contribution in [1.82, 2.24) is 5.32 Å². The number of halogens is 3. The van der Waals surface area contributed by atoms with Crippen LogP contribution >= 0.6 is 15.9 Å². The molecule has 0 bridgehead atoms. The minimum Gasteiger partial charge on any atom is -0.335 e. The summed E-state index contributed by atoms with van der Waals surface area (Å²) in [7, 11) is 0. The van der Waals surface area contributed by atoms with Crippen LogP contribution in [0.1, 0.15) is 12.8 Å². The molecule has 6 heteroatoms. The topological polar surface area (TPSA) is 41.1 Å². The summed E-state index contributed by atoms with van der Waals surface area (Å²) in [6.07, 6.45) is 1.89. The summed E-state index contributed by atoms with van der Waals surface area (Å²) < 4.78 is 26.2. The van der Waals surface area contributed by atoms with Gasteiger partial charge in [-0.25, -0.2) is 13.6 Å². The van der Waals surface area contributed by atoms with Crippen LogP contribution in [-0.2, 0) is 0 Å². The van der Waals surface area contributed by atoms with E-state index in [2.05, 4.69) is 26.6 Å². The van der Waals surface area contributed by atoms with E-state index in [0.717, 1.165) is 18.9 Å². The molecule has 1 aliphatic rings. The van der Waals surface area contributed by atoms with Crippen molar-refractivity contribution >= 4 is 27.6 Å². The molecular formula is C10H9BrF2N2O. The third-order valence-electron chi connectivity index (χ3n) is 2.17. The molecule has 16 heavy (non-hydrogen) atoms. The Morgan fingerprint density at radius 2 is 2.00 bits per heavy atom. The Labute approximate surface area is 99.3 Å². The van der Waals surface area contributed by atoms with Gasteiger partial charge in [-0.15, -0.1) is 0 Å². The molecule has 3 nitrogen and oxygen atoms in total. The molecule has 0 heterocycles. The zero-order valence-electron chi connectivity index (χ0n) is 8.19. The van der Waals surface area contributed by atoms with Gasteiger partial charge in [-0.2, -0.15) is 0 Å². The second kappa shape index (κ2) is 4.37. The summed E-state index contributed by atoms with van der Waals surface area (Å²) in [5.74, 6) is -1.50. The Morgan fingerprint density at radius 3 is 2.62 bits per heavy atom. The molecule has 0 aromatic heterocycles. The smallest absolute Gasteiger partial charge is 0.319 e.